The standard InChI is InChI=1S/C22H20Br2N2O4S/c1-15-3-5-16(6-4-15)14-30-22-20(24)11-17(12-21(22)29-2)13-25-26-31(27,28)19-9-7-18(23)8-10-19/h3-13,26H,14H2,1-2H3/b25-13-. The molecule has 1 N–H and O–H groups in total. The Hall–Kier alpha value is -2.36. The third-order valence-electron chi connectivity index (χ3n) is 4.27. The Labute approximate surface area is 198 Å². The molecule has 0 radical (unpaired) electrons. The molecule has 0 unspecified atom stereocenters. The fraction of sp³-hybridized carbons (Fsp3) is 0.136. The van der Waals surface area contributed by atoms with E-state index in [1.54, 1.807) is 24.3 Å². The summed E-state index contributed by atoms with van der Waals surface area (Å²) in [6.07, 6.45) is 1.40. The lowest BCUT2D eigenvalue weighted by Gasteiger charge is -2.13. The van der Waals surface area contributed by atoms with Crippen LogP contribution in [0.2, 0.25) is 0 Å². The molecule has 0 aliphatic heterocycles. The van der Waals surface area contributed by atoms with Crippen molar-refractivity contribution in [3.8, 4) is 11.5 Å². The summed E-state index contributed by atoms with van der Waals surface area (Å²) in [4.78, 5) is 2.32. The highest BCUT2D eigenvalue weighted by molar-refractivity contribution is 9.10. The zero-order valence-corrected chi connectivity index (χ0v) is 20.8. The lowest BCUT2D eigenvalue weighted by Crippen LogP contribution is -2.18. The lowest BCUT2D eigenvalue weighted by atomic mass is 10.2. The van der Waals surface area contributed by atoms with Gasteiger partial charge in [0.2, 0.25) is 0 Å². The quantitative estimate of drug-likeness (QED) is 0.291. The van der Waals surface area contributed by atoms with Crippen molar-refractivity contribution in [1.82, 2.24) is 4.83 Å². The minimum Gasteiger partial charge on any atom is -0.493 e. The van der Waals surface area contributed by atoms with Crippen LogP contribution in [0.25, 0.3) is 0 Å². The molecule has 162 valence electrons. The molecule has 0 saturated carbocycles. The smallest absolute Gasteiger partial charge is 0.276 e. The average Bonchev–Trinajstić information content (AvgIpc) is 2.74. The molecule has 0 fully saturated rings. The topological polar surface area (TPSA) is 77.0 Å². The second-order valence-corrected chi connectivity index (χ2v) is 10.0. The van der Waals surface area contributed by atoms with E-state index in [4.69, 9.17) is 9.47 Å². The van der Waals surface area contributed by atoms with Gasteiger partial charge in [-0.05, 0) is 70.4 Å². The molecule has 3 aromatic carbocycles. The van der Waals surface area contributed by atoms with Crippen molar-refractivity contribution in [3.05, 3.63) is 86.3 Å². The summed E-state index contributed by atoms with van der Waals surface area (Å²) >= 11 is 6.77. The van der Waals surface area contributed by atoms with Gasteiger partial charge in [-0.2, -0.15) is 13.5 Å². The molecular weight excluding hydrogens is 548 g/mol. The summed E-state index contributed by atoms with van der Waals surface area (Å²) < 4.78 is 37.5. The van der Waals surface area contributed by atoms with Gasteiger partial charge in [0, 0.05) is 4.47 Å². The third kappa shape index (κ3) is 6.32. The molecule has 0 aromatic heterocycles. The van der Waals surface area contributed by atoms with Crippen LogP contribution in [0, 0.1) is 6.92 Å². The minimum absolute atomic E-state index is 0.117. The molecule has 0 amide bonds. The molecule has 31 heavy (non-hydrogen) atoms. The van der Waals surface area contributed by atoms with Crippen molar-refractivity contribution in [2.24, 2.45) is 5.10 Å². The summed E-state index contributed by atoms with van der Waals surface area (Å²) in [5, 5.41) is 3.87. The van der Waals surface area contributed by atoms with Crippen molar-refractivity contribution in [3.63, 3.8) is 0 Å². The number of benzene rings is 3. The van der Waals surface area contributed by atoms with Crippen molar-refractivity contribution < 1.29 is 17.9 Å². The molecular formula is C22H20Br2N2O4S. The van der Waals surface area contributed by atoms with E-state index in [0.29, 0.717) is 28.1 Å². The first kappa shape index (κ1) is 23.3. The molecule has 0 bridgehead atoms. The average molecular weight is 568 g/mol. The van der Waals surface area contributed by atoms with Gasteiger partial charge in [0.15, 0.2) is 11.5 Å². The normalized spacial score (nSPS) is 11.5. The van der Waals surface area contributed by atoms with Crippen LogP contribution in [0.1, 0.15) is 16.7 Å². The molecule has 3 rings (SSSR count). The SMILES string of the molecule is COc1cc(/C=N\NS(=O)(=O)c2ccc(Br)cc2)cc(Br)c1OCc1ccc(C)cc1. The zero-order chi connectivity index (χ0) is 22.4. The second-order valence-electron chi connectivity index (χ2n) is 6.62. The summed E-state index contributed by atoms with van der Waals surface area (Å²) in [7, 11) is -2.22. The van der Waals surface area contributed by atoms with E-state index in [0.717, 1.165) is 10.0 Å². The van der Waals surface area contributed by atoms with Crippen molar-refractivity contribution in [2.75, 3.05) is 7.11 Å². The largest absolute Gasteiger partial charge is 0.493 e. The van der Waals surface area contributed by atoms with Gasteiger partial charge >= 0.3 is 0 Å². The van der Waals surface area contributed by atoms with Gasteiger partial charge in [0.1, 0.15) is 6.61 Å². The van der Waals surface area contributed by atoms with Crippen LogP contribution in [-0.4, -0.2) is 21.7 Å². The minimum atomic E-state index is -3.76. The van der Waals surface area contributed by atoms with Gasteiger partial charge in [-0.3, -0.25) is 0 Å². The number of aryl methyl sites for hydroxylation is 1. The molecule has 0 spiro atoms. The molecule has 0 aliphatic carbocycles. The van der Waals surface area contributed by atoms with Gasteiger partial charge in [-0.1, -0.05) is 45.8 Å². The van der Waals surface area contributed by atoms with E-state index in [1.807, 2.05) is 31.2 Å². The van der Waals surface area contributed by atoms with Crippen LogP contribution in [0.3, 0.4) is 0 Å². The van der Waals surface area contributed by atoms with Crippen molar-refractivity contribution in [1.29, 1.82) is 0 Å². The van der Waals surface area contributed by atoms with Crippen LogP contribution in [0.15, 0.2) is 79.6 Å². The summed E-state index contributed by atoms with van der Waals surface area (Å²) in [6, 6.07) is 17.8. The number of rotatable bonds is 8. The van der Waals surface area contributed by atoms with E-state index in [-0.39, 0.29) is 4.90 Å². The second kappa shape index (κ2) is 10.3. The highest BCUT2D eigenvalue weighted by Gasteiger charge is 2.14. The number of nitrogens with one attached hydrogen (secondary N) is 1. The Morgan fingerprint density at radius 3 is 2.35 bits per heavy atom. The van der Waals surface area contributed by atoms with E-state index < -0.39 is 10.0 Å². The zero-order valence-electron chi connectivity index (χ0n) is 16.8. The van der Waals surface area contributed by atoms with Gasteiger partial charge in [0.25, 0.3) is 10.0 Å². The fourth-order valence-electron chi connectivity index (χ4n) is 2.63. The summed E-state index contributed by atoms with van der Waals surface area (Å²) in [6.45, 7) is 2.42. The first-order chi connectivity index (χ1) is 14.8. The van der Waals surface area contributed by atoms with Crippen LogP contribution in [-0.2, 0) is 16.6 Å². The first-order valence-electron chi connectivity index (χ1n) is 9.15. The summed E-state index contributed by atoms with van der Waals surface area (Å²) in [5.74, 6) is 1.05. The van der Waals surface area contributed by atoms with Crippen molar-refractivity contribution in [2.45, 2.75) is 18.4 Å². The molecule has 0 saturated heterocycles. The number of methoxy groups -OCH3 is 1. The number of halogens is 2. The maximum absolute atomic E-state index is 12.3. The molecule has 3 aromatic rings. The molecule has 0 heterocycles. The highest BCUT2D eigenvalue weighted by Crippen LogP contribution is 2.36. The monoisotopic (exact) mass is 566 g/mol. The number of sulfonamides is 1. The fourth-order valence-corrected chi connectivity index (χ4v) is 4.26. The van der Waals surface area contributed by atoms with Gasteiger partial charge < -0.3 is 9.47 Å². The Morgan fingerprint density at radius 2 is 1.71 bits per heavy atom. The Balaban J connectivity index is 1.72. The maximum Gasteiger partial charge on any atom is 0.276 e. The highest BCUT2D eigenvalue weighted by atomic mass is 79.9. The Bertz CT molecular complexity index is 1180. The number of hydrazone groups is 1. The molecule has 9 heteroatoms. The van der Waals surface area contributed by atoms with Gasteiger partial charge in [-0.15, -0.1) is 0 Å². The molecule has 0 atom stereocenters. The number of hydrogen-bond acceptors (Lipinski definition) is 5. The predicted molar refractivity (Wildman–Crippen MR) is 128 cm³/mol. The van der Waals surface area contributed by atoms with Crippen molar-refractivity contribution >= 4 is 48.1 Å². The van der Waals surface area contributed by atoms with Gasteiger partial charge in [-0.25, -0.2) is 4.83 Å². The number of hydrogen-bond donors (Lipinski definition) is 1. The van der Waals surface area contributed by atoms with Crippen LogP contribution < -0.4 is 14.3 Å². The Morgan fingerprint density at radius 1 is 1.03 bits per heavy atom. The predicted octanol–water partition coefficient (Wildman–Crippen LogP) is 5.42. The van der Waals surface area contributed by atoms with E-state index >= 15 is 0 Å². The summed E-state index contributed by atoms with van der Waals surface area (Å²) in [5.41, 5.74) is 2.85. The van der Waals surface area contributed by atoms with E-state index in [9.17, 15) is 8.42 Å². The maximum atomic E-state index is 12.3. The van der Waals surface area contributed by atoms with Crippen LogP contribution >= 0.6 is 31.9 Å². The molecule has 0 aliphatic rings. The van der Waals surface area contributed by atoms with Gasteiger partial charge in [0.05, 0.1) is 22.7 Å². The van der Waals surface area contributed by atoms with Crippen LogP contribution in [0.4, 0.5) is 0 Å². The number of nitrogens with zero attached hydrogens (tertiary/aromatic N) is 1. The Kier molecular flexibility index (Phi) is 7.74. The number of ether oxygens (including phenoxy) is 2. The van der Waals surface area contributed by atoms with E-state index in [2.05, 4.69) is 41.8 Å². The first-order valence-corrected chi connectivity index (χ1v) is 12.2. The molecule has 6 nitrogen and oxygen atoms in total. The lowest BCUT2D eigenvalue weighted by molar-refractivity contribution is 0.282. The van der Waals surface area contributed by atoms with Crippen LogP contribution in [0.5, 0.6) is 11.5 Å². The third-order valence-corrected chi connectivity index (χ3v) is 6.62. The van der Waals surface area contributed by atoms with E-state index in [1.165, 1.54) is 31.0 Å².